The summed E-state index contributed by atoms with van der Waals surface area (Å²) in [5.41, 5.74) is 11.8. The molecule has 0 saturated heterocycles. The Balaban J connectivity index is 0.000000621. The number of esters is 2. The number of alkyl halides is 6. The first-order chi connectivity index (χ1) is 38.2. The molecule has 0 spiro atoms. The molecule has 3 atom stereocenters. The van der Waals surface area contributed by atoms with Crippen molar-refractivity contribution in [2.24, 2.45) is 5.73 Å². The van der Waals surface area contributed by atoms with Gasteiger partial charge in [0.1, 0.15) is 11.2 Å². The van der Waals surface area contributed by atoms with Crippen LogP contribution in [0.2, 0.25) is 13.6 Å². The molecule has 0 aliphatic carbocycles. The summed E-state index contributed by atoms with van der Waals surface area (Å²) < 4.78 is 11.1. The van der Waals surface area contributed by atoms with Crippen LogP contribution in [0.1, 0.15) is 115 Å². The molecule has 16 nitrogen and oxygen atoms in total. The number of carboxylic acid groups (broad SMARTS) is 1. The molecule has 0 heterocycles. The van der Waals surface area contributed by atoms with Crippen molar-refractivity contribution in [1.29, 1.82) is 0 Å². The fraction of sp³-hybridized carbons (Fsp3) is 0.638. The van der Waals surface area contributed by atoms with E-state index < -0.39 is 47.5 Å². The number of hydrogen-bond donors (Lipinski definition) is 6. The number of anilines is 3. The van der Waals surface area contributed by atoms with Gasteiger partial charge >= 0.3 is 32.0 Å². The van der Waals surface area contributed by atoms with Gasteiger partial charge in [0, 0.05) is 76.8 Å². The second-order valence-electron chi connectivity index (χ2n) is 23.1. The Labute approximate surface area is 521 Å². The van der Waals surface area contributed by atoms with E-state index in [4.69, 9.17) is 99.6 Å². The van der Waals surface area contributed by atoms with Crippen molar-refractivity contribution in [3.05, 3.63) is 88.0 Å². The van der Waals surface area contributed by atoms with Crippen molar-refractivity contribution in [1.82, 2.24) is 10.5 Å². The maximum absolute atomic E-state index is 12.6. The lowest BCUT2D eigenvalue weighted by Gasteiger charge is -2.34. The van der Waals surface area contributed by atoms with E-state index in [1.54, 1.807) is 23.8 Å². The fourth-order valence-corrected chi connectivity index (χ4v) is 10.1. The van der Waals surface area contributed by atoms with Gasteiger partial charge in [0.05, 0.1) is 56.9 Å². The molecule has 82 heavy (non-hydrogen) atoms. The number of aliphatic carboxylic acids is 1. The number of nitrogens with two attached hydrogens (primary N) is 1. The van der Waals surface area contributed by atoms with E-state index in [1.165, 1.54) is 0 Å². The summed E-state index contributed by atoms with van der Waals surface area (Å²) in [6, 6.07) is 17.9. The third-order valence-corrected chi connectivity index (χ3v) is 13.9. The SMILES string of the molecule is CB(O)NCC(C)(CC(=O)OC(C)(C)C)c1ccc(N(CCCl)CCCl)cc1C.CB(O)NCC(C)(CC(=O)OC(C)(C)C)c1ccc(N(CCCl)OCCCl)cc1C.Cc1cc(N(CCCl)OCCCl)ccc1C(C)(CN)CC(=O)O. The van der Waals surface area contributed by atoms with Crippen molar-refractivity contribution < 1.29 is 48.7 Å². The van der Waals surface area contributed by atoms with E-state index in [0.717, 1.165) is 50.4 Å². The maximum Gasteiger partial charge on any atom is 0.373 e. The van der Waals surface area contributed by atoms with Crippen LogP contribution < -0.4 is 31.2 Å². The smallest absolute Gasteiger partial charge is 0.373 e. The molecular weight excluding hydrogens is 1180 g/mol. The summed E-state index contributed by atoms with van der Waals surface area (Å²) in [7, 11) is -1.36. The second kappa shape index (κ2) is 37.6. The van der Waals surface area contributed by atoms with Crippen molar-refractivity contribution in [3.63, 3.8) is 0 Å². The van der Waals surface area contributed by atoms with E-state index in [9.17, 15) is 24.4 Å². The van der Waals surface area contributed by atoms with Crippen LogP contribution in [0.3, 0.4) is 0 Å². The van der Waals surface area contributed by atoms with Gasteiger partial charge in [-0.3, -0.25) is 34.2 Å². The third kappa shape index (κ3) is 28.1. The van der Waals surface area contributed by atoms with Crippen LogP contribution in [0.4, 0.5) is 17.1 Å². The zero-order chi connectivity index (χ0) is 62.6. The number of hydrogen-bond acceptors (Lipinski definition) is 15. The Morgan fingerprint density at radius 2 is 0.854 bits per heavy atom. The van der Waals surface area contributed by atoms with E-state index in [-0.39, 0.29) is 37.7 Å². The topological polar surface area (TPSA) is 209 Å². The summed E-state index contributed by atoms with van der Waals surface area (Å²) in [5.74, 6) is 1.24. The molecule has 24 heteroatoms. The minimum absolute atomic E-state index is 0.0160. The Kier molecular flexibility index (Phi) is 35.3. The second-order valence-corrected chi connectivity index (χ2v) is 25.4. The van der Waals surface area contributed by atoms with Crippen LogP contribution in [0.25, 0.3) is 0 Å². The van der Waals surface area contributed by atoms with Gasteiger partial charge in [-0.2, -0.15) is 0 Å². The molecule has 464 valence electrons. The van der Waals surface area contributed by atoms with E-state index in [2.05, 4.69) is 21.4 Å². The van der Waals surface area contributed by atoms with Gasteiger partial charge in [0.15, 0.2) is 0 Å². The van der Waals surface area contributed by atoms with E-state index >= 15 is 0 Å². The minimum atomic E-state index is -0.865. The molecule has 0 fully saturated rings. The highest BCUT2D eigenvalue weighted by Crippen LogP contribution is 2.36. The third-order valence-electron chi connectivity index (χ3n) is 12.9. The zero-order valence-electron chi connectivity index (χ0n) is 51.0. The summed E-state index contributed by atoms with van der Waals surface area (Å²) in [6.07, 6.45) is 0.368. The van der Waals surface area contributed by atoms with E-state index in [0.29, 0.717) is 87.8 Å². The molecule has 3 unspecified atom stereocenters. The summed E-state index contributed by atoms with van der Waals surface area (Å²) >= 11 is 35.0. The number of carboxylic acids is 1. The lowest BCUT2D eigenvalue weighted by molar-refractivity contribution is -0.157. The van der Waals surface area contributed by atoms with Crippen molar-refractivity contribution >= 4 is 119 Å². The van der Waals surface area contributed by atoms with Crippen molar-refractivity contribution in [2.75, 3.05) is 109 Å². The van der Waals surface area contributed by atoms with Gasteiger partial charge in [-0.1, -0.05) is 39.0 Å². The predicted octanol–water partition coefficient (Wildman–Crippen LogP) is 10.8. The molecule has 0 radical (unpaired) electrons. The largest absolute Gasteiger partial charge is 0.481 e. The Morgan fingerprint density at radius 3 is 1.13 bits per heavy atom. The standard InChI is InChI=1S/C21H35BCl2N2O4.C21H35BCl2N2O3.C16H24Cl2N2O3/c1-16-13-17(26(11-9-23)29-12-10-24)7-8-18(16)21(5,15-25-22(6)28)14-19(27)30-20(2,3)4;1-16-13-17(26(11-9-23)12-10-24)7-8-18(16)21(5,15-25-22(6)28)14-19(27)29-20(2,3)4;1-12-9-13(20(7-5-17)23-8-6-18)3-4-14(12)16(2,11-19)10-15(21)22/h7-8,13,25,28H,9-12,14-15H2,1-6H3;7-8,13,25,28H,9-12,14-15H2,1-6H3;3-4,9H,5-8,10-11,19H2,1-2H3,(H,21,22). The number of carbonyl (C=O) groups excluding carboxylic acids is 2. The number of carbonyl (C=O) groups is 3. The van der Waals surface area contributed by atoms with Crippen LogP contribution in [-0.4, -0.2) is 153 Å². The minimum Gasteiger partial charge on any atom is -0.481 e. The van der Waals surface area contributed by atoms with Crippen molar-refractivity contribution in [3.8, 4) is 0 Å². The number of halogens is 6. The average molecular weight is 1270 g/mol. The Hall–Kier alpha value is -2.94. The molecule has 3 rings (SSSR count). The number of rotatable bonds is 33. The van der Waals surface area contributed by atoms with Crippen LogP contribution in [0.5, 0.6) is 0 Å². The molecule has 0 aliphatic rings. The van der Waals surface area contributed by atoms with Crippen molar-refractivity contribution in [2.45, 2.75) is 143 Å². The summed E-state index contributed by atoms with van der Waals surface area (Å²) in [6.45, 7) is 30.7. The highest BCUT2D eigenvalue weighted by atomic mass is 35.5. The highest BCUT2D eigenvalue weighted by Gasteiger charge is 2.36. The molecule has 3 aromatic rings. The maximum atomic E-state index is 12.6. The quantitative estimate of drug-likeness (QED) is 0.0145. The van der Waals surface area contributed by atoms with Gasteiger partial charge in [-0.05, 0) is 159 Å². The molecule has 0 amide bonds. The number of hydroxylamine groups is 2. The number of nitrogens with zero attached hydrogens (tertiary/aromatic N) is 3. The number of aryl methyl sites for hydroxylation is 3. The molecular formula is C58H94B2Cl6N6O10. The monoisotopic (exact) mass is 1270 g/mol. The predicted molar refractivity (Wildman–Crippen MR) is 345 cm³/mol. The first-order valence-electron chi connectivity index (χ1n) is 27.6. The van der Waals surface area contributed by atoms with Crippen LogP contribution in [0, 0.1) is 20.8 Å². The average Bonchev–Trinajstić information content (AvgIpc) is 3.56. The molecule has 0 aliphatic heterocycles. The molecule has 0 bridgehead atoms. The van der Waals surface area contributed by atoms with Gasteiger partial charge in [-0.25, -0.2) is 0 Å². The molecule has 3 aromatic carbocycles. The lowest BCUT2D eigenvalue weighted by atomic mass is 9.75. The van der Waals surface area contributed by atoms with Crippen LogP contribution in [0.15, 0.2) is 54.6 Å². The molecule has 7 N–H and O–H groups in total. The highest BCUT2D eigenvalue weighted by molar-refractivity contribution is 6.45. The Morgan fingerprint density at radius 1 is 0.524 bits per heavy atom. The first kappa shape index (κ1) is 77.1. The summed E-state index contributed by atoms with van der Waals surface area (Å²) in [4.78, 5) is 49.8. The Bertz CT molecular complexity index is 2390. The number of nitrogens with one attached hydrogen (secondary N) is 2. The van der Waals surface area contributed by atoms with Gasteiger partial charge < -0.3 is 45.7 Å². The molecule has 0 aromatic heterocycles. The summed E-state index contributed by atoms with van der Waals surface area (Å²) in [5, 5.41) is 38.1. The fourth-order valence-electron chi connectivity index (χ4n) is 9.29. The van der Waals surface area contributed by atoms with Gasteiger partial charge in [-0.15, -0.1) is 69.6 Å². The first-order valence-corrected chi connectivity index (χ1v) is 30.9. The number of benzene rings is 3. The lowest BCUT2D eigenvalue weighted by Crippen LogP contribution is -2.44. The normalized spacial score (nSPS) is 13.6. The van der Waals surface area contributed by atoms with Gasteiger partial charge in [0.25, 0.3) is 0 Å². The number of ether oxygens (including phenoxy) is 2. The zero-order valence-corrected chi connectivity index (χ0v) is 55.5. The van der Waals surface area contributed by atoms with Crippen LogP contribution >= 0.6 is 69.6 Å². The van der Waals surface area contributed by atoms with Crippen LogP contribution in [-0.2, 0) is 49.8 Å². The van der Waals surface area contributed by atoms with E-state index in [1.807, 2.05) is 132 Å². The molecule has 0 saturated carbocycles. The van der Waals surface area contributed by atoms with Gasteiger partial charge in [0.2, 0.25) is 0 Å².